The number of aromatic nitrogens is 2. The number of urea groups is 1. The number of anilines is 2. The molecule has 0 aliphatic rings. The largest absolute Gasteiger partial charge is 0.382 e. The standard InChI is InChI=1S/C24H21Cl2N5O/c25-18-8-6-17(7-9-18)21-22(23(27)31(30-21)20-12-10-19(26)11-13-20)29-24(32)28-15-14-16-4-2-1-3-5-16/h1-13H,14-15,27H2,(H2,28,29,32). The predicted octanol–water partition coefficient (Wildman–Crippen LogP) is 5.79. The summed E-state index contributed by atoms with van der Waals surface area (Å²) >= 11 is 12.0. The Kier molecular flexibility index (Phi) is 6.63. The van der Waals surface area contributed by atoms with Crippen molar-refractivity contribution in [2.75, 3.05) is 17.6 Å². The lowest BCUT2D eigenvalue weighted by molar-refractivity contribution is 0.252. The zero-order valence-electron chi connectivity index (χ0n) is 17.1. The van der Waals surface area contributed by atoms with Crippen molar-refractivity contribution in [1.82, 2.24) is 15.1 Å². The van der Waals surface area contributed by atoms with E-state index < -0.39 is 0 Å². The number of carbonyl (C=O) groups excluding carboxylic acids is 1. The monoisotopic (exact) mass is 465 g/mol. The Labute approximate surface area is 196 Å². The quantitative estimate of drug-likeness (QED) is 0.336. The van der Waals surface area contributed by atoms with Crippen LogP contribution in [0.4, 0.5) is 16.3 Å². The molecule has 1 heterocycles. The number of nitrogen functional groups attached to an aromatic ring is 1. The molecule has 162 valence electrons. The highest BCUT2D eigenvalue weighted by molar-refractivity contribution is 6.30. The minimum Gasteiger partial charge on any atom is -0.382 e. The number of benzene rings is 3. The van der Waals surface area contributed by atoms with Crippen LogP contribution in [0, 0.1) is 0 Å². The van der Waals surface area contributed by atoms with Gasteiger partial charge in [0.1, 0.15) is 11.4 Å². The summed E-state index contributed by atoms with van der Waals surface area (Å²) in [7, 11) is 0. The second-order valence-electron chi connectivity index (χ2n) is 7.12. The Morgan fingerprint density at radius 1 is 0.906 bits per heavy atom. The van der Waals surface area contributed by atoms with Crippen LogP contribution in [0.2, 0.25) is 10.0 Å². The first-order chi connectivity index (χ1) is 15.5. The van der Waals surface area contributed by atoms with Gasteiger partial charge in [-0.05, 0) is 48.4 Å². The second kappa shape index (κ2) is 9.77. The van der Waals surface area contributed by atoms with Gasteiger partial charge in [-0.3, -0.25) is 0 Å². The lowest BCUT2D eigenvalue weighted by atomic mass is 10.1. The number of rotatable bonds is 6. The van der Waals surface area contributed by atoms with Crippen LogP contribution < -0.4 is 16.4 Å². The topological polar surface area (TPSA) is 85.0 Å². The van der Waals surface area contributed by atoms with E-state index in [0.29, 0.717) is 33.8 Å². The van der Waals surface area contributed by atoms with Crippen molar-refractivity contribution in [2.45, 2.75) is 6.42 Å². The van der Waals surface area contributed by atoms with E-state index in [1.807, 2.05) is 42.5 Å². The van der Waals surface area contributed by atoms with Crippen LogP contribution in [0.1, 0.15) is 5.56 Å². The first-order valence-electron chi connectivity index (χ1n) is 10.0. The maximum Gasteiger partial charge on any atom is 0.319 e. The first-order valence-corrected chi connectivity index (χ1v) is 10.8. The summed E-state index contributed by atoms with van der Waals surface area (Å²) in [5.41, 5.74) is 10.00. The van der Waals surface area contributed by atoms with Crippen LogP contribution in [-0.4, -0.2) is 22.4 Å². The first kappa shape index (κ1) is 21.7. The van der Waals surface area contributed by atoms with E-state index in [4.69, 9.17) is 28.9 Å². The molecule has 0 unspecified atom stereocenters. The molecule has 3 aromatic carbocycles. The van der Waals surface area contributed by atoms with Gasteiger partial charge in [-0.15, -0.1) is 0 Å². The number of nitrogens with zero attached hydrogens (tertiary/aromatic N) is 2. The van der Waals surface area contributed by atoms with Crippen molar-refractivity contribution >= 4 is 40.7 Å². The maximum atomic E-state index is 12.6. The third-order valence-corrected chi connectivity index (χ3v) is 5.39. The number of hydrogen-bond acceptors (Lipinski definition) is 3. The Morgan fingerprint density at radius 2 is 1.53 bits per heavy atom. The molecule has 0 fully saturated rings. The molecule has 0 saturated heterocycles. The third kappa shape index (κ3) is 5.04. The lowest BCUT2D eigenvalue weighted by Crippen LogP contribution is -2.30. The number of carbonyl (C=O) groups is 1. The molecule has 4 N–H and O–H groups in total. The predicted molar refractivity (Wildman–Crippen MR) is 131 cm³/mol. The minimum atomic E-state index is -0.362. The van der Waals surface area contributed by atoms with Crippen LogP contribution in [0.3, 0.4) is 0 Å². The van der Waals surface area contributed by atoms with Gasteiger partial charge in [0.15, 0.2) is 5.82 Å². The normalized spacial score (nSPS) is 10.7. The highest BCUT2D eigenvalue weighted by atomic mass is 35.5. The van der Waals surface area contributed by atoms with E-state index in [1.54, 1.807) is 41.1 Å². The number of amides is 2. The molecule has 4 rings (SSSR count). The van der Waals surface area contributed by atoms with E-state index in [2.05, 4.69) is 15.7 Å². The third-order valence-electron chi connectivity index (χ3n) is 4.89. The van der Waals surface area contributed by atoms with Crippen LogP contribution in [0.25, 0.3) is 16.9 Å². The lowest BCUT2D eigenvalue weighted by Gasteiger charge is -2.09. The Bertz CT molecular complexity index is 1210. The summed E-state index contributed by atoms with van der Waals surface area (Å²) in [4.78, 5) is 12.6. The summed E-state index contributed by atoms with van der Waals surface area (Å²) in [6.07, 6.45) is 0.720. The highest BCUT2D eigenvalue weighted by Crippen LogP contribution is 2.34. The van der Waals surface area contributed by atoms with Crippen molar-refractivity contribution in [3.05, 3.63) is 94.5 Å². The van der Waals surface area contributed by atoms with Crippen LogP contribution in [-0.2, 0) is 6.42 Å². The molecule has 32 heavy (non-hydrogen) atoms. The zero-order chi connectivity index (χ0) is 22.5. The number of hydrogen-bond donors (Lipinski definition) is 3. The van der Waals surface area contributed by atoms with Crippen molar-refractivity contribution in [1.29, 1.82) is 0 Å². The Hall–Kier alpha value is -3.48. The van der Waals surface area contributed by atoms with Crippen molar-refractivity contribution in [3.8, 4) is 16.9 Å². The Balaban J connectivity index is 1.59. The molecule has 0 aliphatic heterocycles. The SMILES string of the molecule is Nc1c(NC(=O)NCCc2ccccc2)c(-c2ccc(Cl)cc2)nn1-c1ccc(Cl)cc1. The summed E-state index contributed by atoms with van der Waals surface area (Å²) < 4.78 is 1.57. The van der Waals surface area contributed by atoms with Crippen molar-refractivity contribution in [2.24, 2.45) is 0 Å². The van der Waals surface area contributed by atoms with E-state index in [-0.39, 0.29) is 6.03 Å². The van der Waals surface area contributed by atoms with E-state index in [9.17, 15) is 4.79 Å². The molecule has 8 heteroatoms. The molecular formula is C24H21Cl2N5O. The molecule has 1 aromatic heterocycles. The Morgan fingerprint density at radius 3 is 2.19 bits per heavy atom. The van der Waals surface area contributed by atoms with Gasteiger partial charge >= 0.3 is 6.03 Å². The smallest absolute Gasteiger partial charge is 0.319 e. The van der Waals surface area contributed by atoms with Gasteiger partial charge in [0.2, 0.25) is 0 Å². The molecule has 2 amide bonds. The average Bonchev–Trinajstić information content (AvgIpc) is 3.11. The van der Waals surface area contributed by atoms with E-state index in [0.717, 1.165) is 23.2 Å². The number of halogens is 2. The van der Waals surface area contributed by atoms with Crippen molar-refractivity contribution in [3.63, 3.8) is 0 Å². The minimum absolute atomic E-state index is 0.301. The van der Waals surface area contributed by atoms with Gasteiger partial charge in [0.25, 0.3) is 0 Å². The summed E-state index contributed by atoms with van der Waals surface area (Å²) in [5, 5.41) is 11.6. The molecule has 0 bridgehead atoms. The highest BCUT2D eigenvalue weighted by Gasteiger charge is 2.20. The van der Waals surface area contributed by atoms with Crippen LogP contribution >= 0.6 is 23.2 Å². The molecule has 0 atom stereocenters. The summed E-state index contributed by atoms with van der Waals surface area (Å²) in [6.45, 7) is 0.483. The fourth-order valence-corrected chi connectivity index (χ4v) is 3.52. The number of nitrogens with one attached hydrogen (secondary N) is 2. The second-order valence-corrected chi connectivity index (χ2v) is 7.99. The van der Waals surface area contributed by atoms with Crippen LogP contribution in [0.15, 0.2) is 78.9 Å². The zero-order valence-corrected chi connectivity index (χ0v) is 18.6. The van der Waals surface area contributed by atoms with Crippen molar-refractivity contribution < 1.29 is 4.79 Å². The van der Waals surface area contributed by atoms with Gasteiger partial charge in [-0.2, -0.15) is 5.10 Å². The fraction of sp³-hybridized carbons (Fsp3) is 0.0833. The molecule has 0 spiro atoms. The van der Waals surface area contributed by atoms with Gasteiger partial charge in [-0.1, -0.05) is 65.7 Å². The van der Waals surface area contributed by atoms with E-state index in [1.165, 1.54) is 0 Å². The van der Waals surface area contributed by atoms with Gasteiger partial charge in [-0.25, -0.2) is 9.48 Å². The molecule has 0 radical (unpaired) electrons. The molecular weight excluding hydrogens is 445 g/mol. The number of nitrogens with two attached hydrogens (primary N) is 1. The van der Waals surface area contributed by atoms with Gasteiger partial charge < -0.3 is 16.4 Å². The van der Waals surface area contributed by atoms with Gasteiger partial charge in [0, 0.05) is 22.2 Å². The van der Waals surface area contributed by atoms with E-state index >= 15 is 0 Å². The molecule has 0 saturated carbocycles. The molecule has 0 aliphatic carbocycles. The summed E-state index contributed by atoms with van der Waals surface area (Å²) in [5.74, 6) is 0.301. The maximum absolute atomic E-state index is 12.6. The van der Waals surface area contributed by atoms with Gasteiger partial charge in [0.05, 0.1) is 5.69 Å². The molecule has 4 aromatic rings. The average molecular weight is 466 g/mol. The summed E-state index contributed by atoms with van der Waals surface area (Å²) in [6, 6.07) is 23.9. The fourth-order valence-electron chi connectivity index (χ4n) is 3.27. The molecule has 6 nitrogen and oxygen atoms in total. The van der Waals surface area contributed by atoms with Crippen LogP contribution in [0.5, 0.6) is 0 Å².